The molecule has 1 heterocycles. The summed E-state index contributed by atoms with van der Waals surface area (Å²) < 4.78 is 0. The fourth-order valence-electron chi connectivity index (χ4n) is 1.83. The third-order valence-corrected chi connectivity index (χ3v) is 2.40. The molecule has 0 aromatic carbocycles. The minimum atomic E-state index is 0.689. The van der Waals surface area contributed by atoms with E-state index < -0.39 is 0 Å². The lowest BCUT2D eigenvalue weighted by atomic mass is 10.2. The smallest absolute Gasteiger partial charge is 0.0614 e. The molecule has 1 saturated heterocycles. The monoisotopic (exact) mass is 142 g/mol. The average molecular weight is 142 g/mol. The van der Waals surface area contributed by atoms with Crippen LogP contribution in [0, 0.1) is 0 Å². The van der Waals surface area contributed by atoms with Crippen LogP contribution >= 0.6 is 0 Å². The van der Waals surface area contributed by atoms with Crippen LogP contribution in [0.15, 0.2) is 0 Å². The van der Waals surface area contributed by atoms with E-state index in [1.165, 1.54) is 25.9 Å². The Kier molecular flexibility index (Phi) is 2.69. The van der Waals surface area contributed by atoms with E-state index in [1.54, 1.807) is 0 Å². The first kappa shape index (κ1) is 8.02. The van der Waals surface area contributed by atoms with E-state index in [2.05, 4.69) is 30.8 Å². The highest BCUT2D eigenvalue weighted by atomic mass is 15.3. The maximum absolute atomic E-state index is 2.43. The largest absolute Gasteiger partial charge is 0.291 e. The summed E-state index contributed by atoms with van der Waals surface area (Å²) in [5.74, 6) is 0. The first-order chi connectivity index (χ1) is 4.75. The van der Waals surface area contributed by atoms with Crippen molar-refractivity contribution in [2.24, 2.45) is 0 Å². The van der Waals surface area contributed by atoms with Gasteiger partial charge in [-0.25, -0.2) is 0 Å². The Morgan fingerprint density at radius 1 is 1.20 bits per heavy atom. The summed E-state index contributed by atoms with van der Waals surface area (Å²) in [4.78, 5) is 4.87. The average Bonchev–Trinajstić information content (AvgIpc) is 1.88. The molecule has 2 nitrogen and oxygen atoms in total. The molecule has 2 heteroatoms. The molecule has 0 spiro atoms. The Morgan fingerprint density at radius 2 is 1.70 bits per heavy atom. The molecule has 0 aromatic heterocycles. The molecule has 10 heavy (non-hydrogen) atoms. The normalized spacial score (nSPS) is 25.5. The summed E-state index contributed by atoms with van der Waals surface area (Å²) in [7, 11) is 4.42. The maximum atomic E-state index is 2.43. The second kappa shape index (κ2) is 3.35. The van der Waals surface area contributed by atoms with Gasteiger partial charge in [0, 0.05) is 13.1 Å². The Labute approximate surface area is 63.8 Å². The summed E-state index contributed by atoms with van der Waals surface area (Å²) >= 11 is 0. The minimum Gasteiger partial charge on any atom is -0.291 e. The Balaban J connectivity index is 2.45. The third-order valence-electron chi connectivity index (χ3n) is 2.40. The van der Waals surface area contributed by atoms with Crippen molar-refractivity contribution >= 4 is 0 Å². The summed E-state index contributed by atoms with van der Waals surface area (Å²) in [5.41, 5.74) is 0. The topological polar surface area (TPSA) is 6.48 Å². The van der Waals surface area contributed by atoms with Crippen molar-refractivity contribution in [2.45, 2.75) is 25.9 Å². The highest BCUT2D eigenvalue weighted by Crippen LogP contribution is 2.12. The molecule has 1 aliphatic heterocycles. The standard InChI is InChI=1S/C8H18N2/c1-4-8-9(2)6-5-7-10(8)3/h8H,4-7H2,1-3H3. The molecule has 0 saturated carbocycles. The number of rotatable bonds is 1. The summed E-state index contributed by atoms with van der Waals surface area (Å²) in [6.07, 6.45) is 3.25. The van der Waals surface area contributed by atoms with E-state index in [4.69, 9.17) is 0 Å². The third kappa shape index (κ3) is 1.50. The maximum Gasteiger partial charge on any atom is 0.0614 e. The van der Waals surface area contributed by atoms with Gasteiger partial charge in [0.1, 0.15) is 0 Å². The summed E-state index contributed by atoms with van der Waals surface area (Å²) in [5, 5.41) is 0. The number of hydrogen-bond donors (Lipinski definition) is 0. The van der Waals surface area contributed by atoms with Crippen LogP contribution in [0.25, 0.3) is 0 Å². The van der Waals surface area contributed by atoms with E-state index in [9.17, 15) is 0 Å². The number of hydrogen-bond acceptors (Lipinski definition) is 2. The molecule has 1 rings (SSSR count). The van der Waals surface area contributed by atoms with Crippen molar-refractivity contribution in [3.63, 3.8) is 0 Å². The van der Waals surface area contributed by atoms with Crippen LogP contribution in [-0.4, -0.2) is 43.2 Å². The van der Waals surface area contributed by atoms with Gasteiger partial charge in [0.2, 0.25) is 0 Å². The van der Waals surface area contributed by atoms with Gasteiger partial charge >= 0.3 is 0 Å². The molecule has 0 aromatic rings. The quantitative estimate of drug-likeness (QED) is 0.538. The van der Waals surface area contributed by atoms with Gasteiger partial charge in [-0.1, -0.05) is 6.92 Å². The van der Waals surface area contributed by atoms with E-state index in [-0.39, 0.29) is 0 Å². The number of nitrogens with zero attached hydrogens (tertiary/aromatic N) is 2. The van der Waals surface area contributed by atoms with Crippen molar-refractivity contribution in [1.29, 1.82) is 0 Å². The molecule has 1 aliphatic rings. The van der Waals surface area contributed by atoms with Crippen molar-refractivity contribution in [1.82, 2.24) is 9.80 Å². The van der Waals surface area contributed by atoms with Crippen LogP contribution in [0.2, 0.25) is 0 Å². The second-order valence-electron chi connectivity index (χ2n) is 3.20. The molecule has 0 radical (unpaired) electrons. The van der Waals surface area contributed by atoms with Gasteiger partial charge in [-0.2, -0.15) is 0 Å². The first-order valence-electron chi connectivity index (χ1n) is 4.16. The molecule has 0 amide bonds. The molecule has 1 fully saturated rings. The van der Waals surface area contributed by atoms with Crippen LogP contribution in [0.3, 0.4) is 0 Å². The molecular formula is C8H18N2. The minimum absolute atomic E-state index is 0.689. The lowest BCUT2D eigenvalue weighted by Gasteiger charge is -2.39. The first-order valence-corrected chi connectivity index (χ1v) is 4.16. The molecule has 0 unspecified atom stereocenters. The Morgan fingerprint density at radius 3 is 2.00 bits per heavy atom. The van der Waals surface area contributed by atoms with Gasteiger partial charge in [-0.3, -0.25) is 9.80 Å². The highest BCUT2D eigenvalue weighted by molar-refractivity contribution is 4.72. The van der Waals surface area contributed by atoms with Crippen LogP contribution in [0.4, 0.5) is 0 Å². The summed E-state index contributed by atoms with van der Waals surface area (Å²) in [6.45, 7) is 4.79. The van der Waals surface area contributed by atoms with Crippen LogP contribution in [0.1, 0.15) is 19.8 Å². The molecule has 60 valence electrons. The second-order valence-corrected chi connectivity index (χ2v) is 3.20. The van der Waals surface area contributed by atoms with E-state index in [1.807, 2.05) is 0 Å². The van der Waals surface area contributed by atoms with Crippen LogP contribution in [0.5, 0.6) is 0 Å². The van der Waals surface area contributed by atoms with Gasteiger partial charge in [-0.15, -0.1) is 0 Å². The van der Waals surface area contributed by atoms with E-state index >= 15 is 0 Å². The molecule has 0 aliphatic carbocycles. The van der Waals surface area contributed by atoms with Gasteiger partial charge in [0.05, 0.1) is 6.17 Å². The zero-order valence-corrected chi connectivity index (χ0v) is 7.30. The Bertz CT molecular complexity index is 93.4. The van der Waals surface area contributed by atoms with E-state index in [0.29, 0.717) is 6.17 Å². The van der Waals surface area contributed by atoms with E-state index in [0.717, 1.165) is 0 Å². The SMILES string of the molecule is CCC1N(C)CCCN1C. The predicted octanol–water partition coefficient (Wildman–Crippen LogP) is 0.990. The van der Waals surface area contributed by atoms with Crippen molar-refractivity contribution in [2.75, 3.05) is 27.2 Å². The zero-order chi connectivity index (χ0) is 7.56. The van der Waals surface area contributed by atoms with Gasteiger partial charge < -0.3 is 0 Å². The summed E-state index contributed by atoms with van der Waals surface area (Å²) in [6, 6.07) is 0. The highest BCUT2D eigenvalue weighted by Gasteiger charge is 2.20. The van der Waals surface area contributed by atoms with Crippen LogP contribution < -0.4 is 0 Å². The molecule has 0 atom stereocenters. The van der Waals surface area contributed by atoms with Gasteiger partial charge in [-0.05, 0) is 26.9 Å². The molecule has 0 N–H and O–H groups in total. The molecule has 0 bridgehead atoms. The van der Waals surface area contributed by atoms with Gasteiger partial charge in [0.15, 0.2) is 0 Å². The lowest BCUT2D eigenvalue weighted by Crippen LogP contribution is -2.49. The predicted molar refractivity (Wildman–Crippen MR) is 44.0 cm³/mol. The van der Waals surface area contributed by atoms with Gasteiger partial charge in [0.25, 0.3) is 0 Å². The van der Waals surface area contributed by atoms with Crippen molar-refractivity contribution in [3.05, 3.63) is 0 Å². The van der Waals surface area contributed by atoms with Crippen molar-refractivity contribution in [3.8, 4) is 0 Å². The van der Waals surface area contributed by atoms with Crippen molar-refractivity contribution < 1.29 is 0 Å². The molecular weight excluding hydrogens is 124 g/mol. The Hall–Kier alpha value is -0.0800. The zero-order valence-electron chi connectivity index (χ0n) is 7.30. The van der Waals surface area contributed by atoms with Crippen LogP contribution in [-0.2, 0) is 0 Å². The fraction of sp³-hybridized carbons (Fsp3) is 1.00. The fourth-order valence-corrected chi connectivity index (χ4v) is 1.83. The lowest BCUT2D eigenvalue weighted by molar-refractivity contribution is 0.0399.